The van der Waals surface area contributed by atoms with Gasteiger partial charge in [0.05, 0.1) is 30.3 Å². The minimum atomic E-state index is -0.837. The van der Waals surface area contributed by atoms with E-state index < -0.39 is 17.7 Å². The standard InChI is InChI=1S/C27H24BrNO5/c1-15-8-9-16(2)21(12-15)29-24(17-6-5-7-19(13-17)33-3)23(26(31)27(29)32)25(30)18-10-11-22(34-4)20(28)14-18/h5-14,24,30H,1-4H3/b25-23-. The molecule has 0 aromatic heterocycles. The number of Topliss-reactive ketones (excluding diaryl/α,β-unsaturated/α-hetero) is 1. The molecule has 0 spiro atoms. The van der Waals surface area contributed by atoms with Crippen LogP contribution in [0.4, 0.5) is 5.69 Å². The number of anilines is 1. The third kappa shape index (κ3) is 4.07. The van der Waals surface area contributed by atoms with Crippen LogP contribution in [0.5, 0.6) is 11.5 Å². The molecule has 4 rings (SSSR count). The Morgan fingerprint density at radius 3 is 2.41 bits per heavy atom. The molecule has 1 unspecified atom stereocenters. The van der Waals surface area contributed by atoms with E-state index in [2.05, 4.69) is 15.9 Å². The predicted octanol–water partition coefficient (Wildman–Crippen LogP) is 5.71. The van der Waals surface area contributed by atoms with Crippen LogP contribution in [0.1, 0.15) is 28.3 Å². The van der Waals surface area contributed by atoms with Crippen LogP contribution < -0.4 is 14.4 Å². The van der Waals surface area contributed by atoms with Crippen LogP contribution in [0.3, 0.4) is 0 Å². The number of halogens is 1. The van der Waals surface area contributed by atoms with E-state index >= 15 is 0 Å². The lowest BCUT2D eigenvalue weighted by Crippen LogP contribution is -2.30. The number of aliphatic hydroxyl groups excluding tert-OH is 1. The molecule has 174 valence electrons. The van der Waals surface area contributed by atoms with Gasteiger partial charge in [-0.3, -0.25) is 14.5 Å². The Morgan fingerprint density at radius 2 is 1.74 bits per heavy atom. The molecule has 1 amide bonds. The van der Waals surface area contributed by atoms with E-state index in [0.29, 0.717) is 32.8 Å². The molecule has 6 nitrogen and oxygen atoms in total. The first kappa shape index (κ1) is 23.6. The third-order valence-electron chi connectivity index (χ3n) is 5.90. The molecule has 0 aliphatic carbocycles. The van der Waals surface area contributed by atoms with E-state index in [-0.39, 0.29) is 11.3 Å². The molecule has 3 aromatic carbocycles. The van der Waals surface area contributed by atoms with Gasteiger partial charge in [-0.25, -0.2) is 0 Å². The summed E-state index contributed by atoms with van der Waals surface area (Å²) in [6.07, 6.45) is 0. The monoisotopic (exact) mass is 521 g/mol. The highest BCUT2D eigenvalue weighted by molar-refractivity contribution is 9.10. The van der Waals surface area contributed by atoms with Crippen LogP contribution >= 0.6 is 15.9 Å². The van der Waals surface area contributed by atoms with E-state index in [0.717, 1.165) is 11.1 Å². The highest BCUT2D eigenvalue weighted by Crippen LogP contribution is 2.44. The van der Waals surface area contributed by atoms with Crippen LogP contribution in [0, 0.1) is 13.8 Å². The number of nitrogens with zero attached hydrogens (tertiary/aromatic N) is 1. The normalized spacial score (nSPS) is 17.2. The summed E-state index contributed by atoms with van der Waals surface area (Å²) in [5, 5.41) is 11.3. The average molecular weight is 522 g/mol. The zero-order valence-electron chi connectivity index (χ0n) is 19.3. The molecular weight excluding hydrogens is 498 g/mol. The summed E-state index contributed by atoms with van der Waals surface area (Å²) in [5.74, 6) is -0.552. The molecule has 1 aliphatic heterocycles. The number of methoxy groups -OCH3 is 2. The Morgan fingerprint density at radius 1 is 0.971 bits per heavy atom. The van der Waals surface area contributed by atoms with Gasteiger partial charge in [0.25, 0.3) is 11.7 Å². The van der Waals surface area contributed by atoms with Crippen LogP contribution in [0.15, 0.2) is 70.7 Å². The van der Waals surface area contributed by atoms with Crippen molar-refractivity contribution in [3.63, 3.8) is 0 Å². The number of hydrogen-bond donors (Lipinski definition) is 1. The second-order valence-electron chi connectivity index (χ2n) is 8.08. The number of carbonyl (C=O) groups excluding carboxylic acids is 2. The van der Waals surface area contributed by atoms with Crippen LogP contribution in [0.2, 0.25) is 0 Å². The number of ether oxygens (including phenoxy) is 2. The van der Waals surface area contributed by atoms with Gasteiger partial charge in [0, 0.05) is 11.3 Å². The summed E-state index contributed by atoms with van der Waals surface area (Å²) < 4.78 is 11.3. The van der Waals surface area contributed by atoms with Crippen molar-refractivity contribution in [3.8, 4) is 11.5 Å². The first-order valence-corrected chi connectivity index (χ1v) is 11.4. The molecule has 1 atom stereocenters. The van der Waals surface area contributed by atoms with Crippen molar-refractivity contribution < 1.29 is 24.2 Å². The van der Waals surface area contributed by atoms with Crippen molar-refractivity contribution in [3.05, 3.63) is 93.0 Å². The van der Waals surface area contributed by atoms with Crippen molar-refractivity contribution in [2.24, 2.45) is 0 Å². The molecule has 1 heterocycles. The maximum atomic E-state index is 13.4. The van der Waals surface area contributed by atoms with Gasteiger partial charge in [-0.1, -0.05) is 24.3 Å². The Kier molecular flexibility index (Phi) is 6.48. The zero-order chi connectivity index (χ0) is 24.6. The first-order chi connectivity index (χ1) is 16.3. The van der Waals surface area contributed by atoms with Gasteiger partial charge in [-0.15, -0.1) is 0 Å². The Bertz CT molecular complexity index is 1330. The van der Waals surface area contributed by atoms with Gasteiger partial charge in [-0.2, -0.15) is 0 Å². The lowest BCUT2D eigenvalue weighted by molar-refractivity contribution is -0.132. The topological polar surface area (TPSA) is 76.1 Å². The second-order valence-corrected chi connectivity index (χ2v) is 8.94. The Balaban J connectivity index is 1.98. The average Bonchev–Trinajstić information content (AvgIpc) is 3.10. The van der Waals surface area contributed by atoms with E-state index in [1.807, 2.05) is 38.1 Å². The second kappa shape index (κ2) is 9.35. The minimum absolute atomic E-state index is 0.0104. The fraction of sp³-hybridized carbons (Fsp3) is 0.185. The van der Waals surface area contributed by atoms with E-state index in [1.54, 1.807) is 43.5 Å². The van der Waals surface area contributed by atoms with Gasteiger partial charge in [0.1, 0.15) is 17.3 Å². The largest absolute Gasteiger partial charge is 0.507 e. The summed E-state index contributed by atoms with van der Waals surface area (Å²) in [4.78, 5) is 28.2. The van der Waals surface area contributed by atoms with Crippen LogP contribution in [0.25, 0.3) is 5.76 Å². The Hall–Kier alpha value is -3.58. The van der Waals surface area contributed by atoms with Crippen molar-refractivity contribution >= 4 is 39.1 Å². The van der Waals surface area contributed by atoms with E-state index in [9.17, 15) is 14.7 Å². The molecular formula is C27H24BrNO5. The summed E-state index contributed by atoms with van der Waals surface area (Å²) >= 11 is 3.42. The van der Waals surface area contributed by atoms with Gasteiger partial charge < -0.3 is 14.6 Å². The maximum Gasteiger partial charge on any atom is 0.300 e. The molecule has 0 bridgehead atoms. The van der Waals surface area contributed by atoms with Crippen molar-refractivity contribution in [1.29, 1.82) is 0 Å². The highest BCUT2D eigenvalue weighted by atomic mass is 79.9. The van der Waals surface area contributed by atoms with Crippen molar-refractivity contribution in [1.82, 2.24) is 0 Å². The van der Waals surface area contributed by atoms with E-state index in [1.165, 1.54) is 12.0 Å². The number of rotatable bonds is 5. The molecule has 1 aliphatic rings. The number of aliphatic hydroxyl groups is 1. The maximum absolute atomic E-state index is 13.4. The highest BCUT2D eigenvalue weighted by Gasteiger charge is 2.47. The summed E-state index contributed by atoms with van der Waals surface area (Å²) in [6, 6.07) is 17.0. The molecule has 3 aromatic rings. The predicted molar refractivity (Wildman–Crippen MR) is 134 cm³/mol. The number of hydrogen-bond acceptors (Lipinski definition) is 5. The smallest absolute Gasteiger partial charge is 0.300 e. The molecule has 0 radical (unpaired) electrons. The summed E-state index contributed by atoms with van der Waals surface area (Å²) in [6.45, 7) is 3.81. The summed E-state index contributed by atoms with van der Waals surface area (Å²) in [7, 11) is 3.09. The lowest BCUT2D eigenvalue weighted by atomic mass is 9.94. The van der Waals surface area contributed by atoms with Crippen LogP contribution in [-0.2, 0) is 9.59 Å². The zero-order valence-corrected chi connectivity index (χ0v) is 20.8. The third-order valence-corrected chi connectivity index (χ3v) is 6.52. The molecule has 1 fully saturated rings. The van der Waals surface area contributed by atoms with E-state index in [4.69, 9.17) is 9.47 Å². The van der Waals surface area contributed by atoms with Gasteiger partial charge >= 0.3 is 0 Å². The molecule has 0 saturated carbocycles. The SMILES string of the molecule is COc1cccc(C2/C(=C(/O)c3ccc(OC)c(Br)c3)C(=O)C(=O)N2c2cc(C)ccc2C)c1. The molecule has 1 saturated heterocycles. The lowest BCUT2D eigenvalue weighted by Gasteiger charge is -2.27. The van der Waals surface area contributed by atoms with Crippen molar-refractivity contribution in [2.45, 2.75) is 19.9 Å². The number of aryl methyl sites for hydroxylation is 2. The first-order valence-electron chi connectivity index (χ1n) is 10.6. The van der Waals surface area contributed by atoms with Gasteiger partial charge in [0.2, 0.25) is 0 Å². The quantitative estimate of drug-likeness (QED) is 0.264. The van der Waals surface area contributed by atoms with Crippen LogP contribution in [-0.4, -0.2) is 31.0 Å². The molecule has 7 heteroatoms. The Labute approximate surface area is 206 Å². The number of ketones is 1. The minimum Gasteiger partial charge on any atom is -0.507 e. The summed E-state index contributed by atoms with van der Waals surface area (Å²) in [5.41, 5.74) is 3.45. The fourth-order valence-electron chi connectivity index (χ4n) is 4.16. The molecule has 1 N–H and O–H groups in total. The fourth-order valence-corrected chi connectivity index (χ4v) is 4.70. The number of amides is 1. The number of carbonyl (C=O) groups is 2. The van der Waals surface area contributed by atoms with Crippen molar-refractivity contribution in [2.75, 3.05) is 19.1 Å². The van der Waals surface area contributed by atoms with Gasteiger partial charge in [-0.05, 0) is 82.9 Å². The number of benzene rings is 3. The van der Waals surface area contributed by atoms with Gasteiger partial charge in [0.15, 0.2) is 0 Å². The molecule has 34 heavy (non-hydrogen) atoms.